The Morgan fingerprint density at radius 1 is 1.33 bits per heavy atom. The minimum Gasteiger partial charge on any atom is -0.490 e. The van der Waals surface area contributed by atoms with Gasteiger partial charge in [-0.15, -0.1) is 0 Å². The maximum atomic E-state index is 12.2. The number of benzene rings is 1. The molecule has 0 atom stereocenters. The molecule has 0 saturated heterocycles. The Kier molecular flexibility index (Phi) is 5.00. The summed E-state index contributed by atoms with van der Waals surface area (Å²) in [5.41, 5.74) is 6.35. The van der Waals surface area contributed by atoms with Gasteiger partial charge >= 0.3 is 0 Å². The number of halogens is 1. The second-order valence-electron chi connectivity index (χ2n) is 4.45. The van der Waals surface area contributed by atoms with Crippen molar-refractivity contribution in [1.82, 2.24) is 9.88 Å². The molecule has 0 bridgehead atoms. The van der Waals surface area contributed by atoms with E-state index in [0.717, 1.165) is 0 Å². The molecule has 0 aliphatic heterocycles. The van der Waals surface area contributed by atoms with Crippen molar-refractivity contribution in [3.63, 3.8) is 0 Å². The second-order valence-corrected chi connectivity index (χ2v) is 4.85. The van der Waals surface area contributed by atoms with E-state index in [1.54, 1.807) is 31.3 Å². The highest BCUT2D eigenvalue weighted by atomic mass is 35.5. The molecule has 0 unspecified atom stereocenters. The number of carbonyl (C=O) groups excluding carboxylic acids is 1. The van der Waals surface area contributed by atoms with Crippen molar-refractivity contribution in [2.24, 2.45) is 0 Å². The molecule has 6 heteroatoms. The fourth-order valence-electron chi connectivity index (χ4n) is 1.73. The number of hydrogen-bond acceptors (Lipinski definition) is 4. The van der Waals surface area contributed by atoms with Crippen LogP contribution in [0.5, 0.6) is 5.75 Å². The molecule has 2 rings (SSSR count). The average molecular weight is 306 g/mol. The van der Waals surface area contributed by atoms with Gasteiger partial charge in [-0.05, 0) is 24.3 Å². The summed E-state index contributed by atoms with van der Waals surface area (Å²) in [6.07, 6.45) is 1.54. The molecule has 0 spiro atoms. The molecular formula is C15H16ClN3O2. The van der Waals surface area contributed by atoms with Crippen LogP contribution in [0.3, 0.4) is 0 Å². The molecule has 1 aromatic heterocycles. The van der Waals surface area contributed by atoms with Crippen LogP contribution in [-0.4, -0.2) is 36.0 Å². The molecule has 0 fully saturated rings. The Balaban J connectivity index is 1.90. The Labute approximate surface area is 128 Å². The van der Waals surface area contributed by atoms with Gasteiger partial charge in [0.05, 0.1) is 17.3 Å². The van der Waals surface area contributed by atoms with Crippen molar-refractivity contribution < 1.29 is 9.53 Å². The highest BCUT2D eigenvalue weighted by Crippen LogP contribution is 2.22. The number of likely N-dealkylation sites (N-methyl/N-ethyl adjacent to an activating group) is 1. The molecule has 0 saturated carbocycles. The van der Waals surface area contributed by atoms with Crippen molar-refractivity contribution in [3.8, 4) is 5.75 Å². The Hall–Kier alpha value is -2.27. The summed E-state index contributed by atoms with van der Waals surface area (Å²) in [6.45, 7) is 0.735. The van der Waals surface area contributed by atoms with Crippen molar-refractivity contribution in [3.05, 3.63) is 53.3 Å². The number of pyridine rings is 1. The molecule has 1 amide bonds. The van der Waals surface area contributed by atoms with Gasteiger partial charge in [0.25, 0.3) is 5.91 Å². The van der Waals surface area contributed by atoms with Crippen LogP contribution in [0.4, 0.5) is 5.69 Å². The number of nitrogens with two attached hydrogens (primary N) is 1. The van der Waals surface area contributed by atoms with Crippen LogP contribution in [0.15, 0.2) is 42.6 Å². The molecule has 2 aromatic rings. The number of nitrogen functional groups attached to an aromatic ring is 1. The van der Waals surface area contributed by atoms with Gasteiger partial charge in [-0.25, -0.2) is 4.98 Å². The van der Waals surface area contributed by atoms with Gasteiger partial charge in [0.2, 0.25) is 0 Å². The number of ether oxygens (including phenoxy) is 1. The summed E-state index contributed by atoms with van der Waals surface area (Å²) in [5.74, 6) is 0.355. The highest BCUT2D eigenvalue weighted by Gasteiger charge is 2.15. The SMILES string of the molecule is CN(CCOc1ccccc1Cl)C(=O)c1ncccc1N. The fourth-order valence-corrected chi connectivity index (χ4v) is 1.92. The molecule has 0 aliphatic rings. The number of anilines is 1. The third-order valence-electron chi connectivity index (χ3n) is 2.91. The monoisotopic (exact) mass is 305 g/mol. The van der Waals surface area contributed by atoms with Crippen LogP contribution < -0.4 is 10.5 Å². The zero-order chi connectivity index (χ0) is 15.2. The van der Waals surface area contributed by atoms with E-state index in [2.05, 4.69) is 4.98 Å². The van der Waals surface area contributed by atoms with E-state index in [-0.39, 0.29) is 11.6 Å². The topological polar surface area (TPSA) is 68.5 Å². The van der Waals surface area contributed by atoms with E-state index in [4.69, 9.17) is 22.1 Å². The first kappa shape index (κ1) is 15.1. The van der Waals surface area contributed by atoms with Gasteiger partial charge in [-0.3, -0.25) is 4.79 Å². The van der Waals surface area contributed by atoms with E-state index in [1.165, 1.54) is 11.1 Å². The maximum Gasteiger partial charge on any atom is 0.274 e. The van der Waals surface area contributed by atoms with E-state index in [0.29, 0.717) is 29.6 Å². The van der Waals surface area contributed by atoms with Gasteiger partial charge in [0.1, 0.15) is 12.4 Å². The zero-order valence-electron chi connectivity index (χ0n) is 11.6. The summed E-state index contributed by atoms with van der Waals surface area (Å²) < 4.78 is 5.55. The molecule has 110 valence electrons. The number of hydrogen-bond donors (Lipinski definition) is 1. The predicted molar refractivity (Wildman–Crippen MR) is 82.6 cm³/mol. The summed E-state index contributed by atoms with van der Waals surface area (Å²) in [5, 5.41) is 0.542. The quantitative estimate of drug-likeness (QED) is 0.921. The maximum absolute atomic E-state index is 12.2. The molecule has 1 heterocycles. The number of aromatic nitrogens is 1. The summed E-state index contributed by atoms with van der Waals surface area (Å²) in [4.78, 5) is 17.7. The second kappa shape index (κ2) is 6.95. The van der Waals surface area contributed by atoms with Crippen molar-refractivity contribution in [2.75, 3.05) is 25.9 Å². The molecule has 1 aromatic carbocycles. The lowest BCUT2D eigenvalue weighted by atomic mass is 10.2. The lowest BCUT2D eigenvalue weighted by Crippen LogP contribution is -2.32. The predicted octanol–water partition coefficient (Wildman–Crippen LogP) is 2.47. The minimum absolute atomic E-state index is 0.240. The molecule has 0 radical (unpaired) electrons. The van der Waals surface area contributed by atoms with Crippen molar-refractivity contribution in [1.29, 1.82) is 0 Å². The first-order chi connectivity index (χ1) is 10.1. The van der Waals surface area contributed by atoms with Crippen molar-refractivity contribution in [2.45, 2.75) is 0 Å². The van der Waals surface area contributed by atoms with E-state index < -0.39 is 0 Å². The molecule has 0 aliphatic carbocycles. The number of rotatable bonds is 5. The normalized spacial score (nSPS) is 10.2. The van der Waals surface area contributed by atoms with Gasteiger partial charge in [0.15, 0.2) is 5.69 Å². The van der Waals surface area contributed by atoms with Gasteiger partial charge in [-0.2, -0.15) is 0 Å². The smallest absolute Gasteiger partial charge is 0.274 e. The largest absolute Gasteiger partial charge is 0.490 e. The Morgan fingerprint density at radius 3 is 2.81 bits per heavy atom. The van der Waals surface area contributed by atoms with Gasteiger partial charge in [0, 0.05) is 13.2 Å². The number of carbonyl (C=O) groups is 1. The average Bonchev–Trinajstić information content (AvgIpc) is 2.49. The van der Waals surface area contributed by atoms with Crippen LogP contribution in [-0.2, 0) is 0 Å². The van der Waals surface area contributed by atoms with Crippen LogP contribution in [0.25, 0.3) is 0 Å². The van der Waals surface area contributed by atoms with Crippen LogP contribution in [0.2, 0.25) is 5.02 Å². The summed E-state index contributed by atoms with van der Waals surface area (Å²) in [6, 6.07) is 10.5. The third kappa shape index (κ3) is 3.86. The van der Waals surface area contributed by atoms with Crippen molar-refractivity contribution >= 4 is 23.2 Å². The van der Waals surface area contributed by atoms with E-state index >= 15 is 0 Å². The Morgan fingerprint density at radius 2 is 2.10 bits per heavy atom. The lowest BCUT2D eigenvalue weighted by molar-refractivity contribution is 0.0769. The zero-order valence-corrected chi connectivity index (χ0v) is 12.4. The van der Waals surface area contributed by atoms with Crippen LogP contribution in [0.1, 0.15) is 10.5 Å². The summed E-state index contributed by atoms with van der Waals surface area (Å²) >= 11 is 5.99. The van der Waals surface area contributed by atoms with Gasteiger partial charge < -0.3 is 15.4 Å². The minimum atomic E-state index is -0.240. The Bertz CT molecular complexity index is 634. The molecule has 21 heavy (non-hydrogen) atoms. The standard InChI is InChI=1S/C15H16ClN3O2/c1-19(15(20)14-12(17)6-4-8-18-14)9-10-21-13-7-3-2-5-11(13)16/h2-8H,9-10,17H2,1H3. The number of nitrogens with zero attached hydrogens (tertiary/aromatic N) is 2. The van der Waals surface area contributed by atoms with E-state index in [9.17, 15) is 4.79 Å². The highest BCUT2D eigenvalue weighted by molar-refractivity contribution is 6.32. The fraction of sp³-hybridized carbons (Fsp3) is 0.200. The molecular weight excluding hydrogens is 290 g/mol. The summed E-state index contributed by atoms with van der Waals surface area (Å²) in [7, 11) is 1.67. The molecule has 2 N–H and O–H groups in total. The number of amides is 1. The first-order valence-corrected chi connectivity index (χ1v) is 6.80. The lowest BCUT2D eigenvalue weighted by Gasteiger charge is -2.18. The van der Waals surface area contributed by atoms with Gasteiger partial charge in [-0.1, -0.05) is 23.7 Å². The third-order valence-corrected chi connectivity index (χ3v) is 3.22. The van der Waals surface area contributed by atoms with Crippen LogP contribution >= 0.6 is 11.6 Å². The van der Waals surface area contributed by atoms with E-state index in [1.807, 2.05) is 12.1 Å². The number of para-hydroxylation sites is 1. The molecule has 5 nitrogen and oxygen atoms in total. The van der Waals surface area contributed by atoms with Crippen LogP contribution in [0, 0.1) is 0 Å². The first-order valence-electron chi connectivity index (χ1n) is 6.43.